The number of nitrogens with zero attached hydrogens (tertiary/aromatic N) is 2. The molecule has 1 aliphatic rings. The number of halogens is 1. The molecule has 1 aromatic rings. The fourth-order valence-electron chi connectivity index (χ4n) is 2.15. The average molecular weight is 283 g/mol. The highest BCUT2D eigenvalue weighted by molar-refractivity contribution is 6.21. The van der Waals surface area contributed by atoms with Gasteiger partial charge in [0.15, 0.2) is 6.10 Å². The van der Waals surface area contributed by atoms with E-state index in [1.165, 1.54) is 0 Å². The summed E-state index contributed by atoms with van der Waals surface area (Å²) < 4.78 is 5.59. The number of fused-ring (bicyclic) bond motifs is 1. The number of rotatable bonds is 3. The zero-order valence-electron chi connectivity index (χ0n) is 11.7. The molecule has 0 spiro atoms. The van der Waals surface area contributed by atoms with Gasteiger partial charge in [0.1, 0.15) is 5.75 Å². The summed E-state index contributed by atoms with van der Waals surface area (Å²) in [5, 5.41) is -0.108. The summed E-state index contributed by atoms with van der Waals surface area (Å²) in [7, 11) is 5.72. The van der Waals surface area contributed by atoms with Gasteiger partial charge in [0.2, 0.25) is 0 Å². The van der Waals surface area contributed by atoms with E-state index < -0.39 is 6.10 Å². The van der Waals surface area contributed by atoms with Crippen molar-refractivity contribution in [3.63, 3.8) is 0 Å². The van der Waals surface area contributed by atoms with E-state index in [1.807, 2.05) is 37.2 Å². The number of alkyl halides is 1. The van der Waals surface area contributed by atoms with Crippen LogP contribution in [-0.4, -0.2) is 44.6 Å². The monoisotopic (exact) mass is 282 g/mol. The van der Waals surface area contributed by atoms with Crippen molar-refractivity contribution in [3.05, 3.63) is 23.8 Å². The fourth-order valence-corrected chi connectivity index (χ4v) is 2.56. The van der Waals surface area contributed by atoms with Gasteiger partial charge in [0.05, 0.1) is 11.1 Å². The molecule has 2 unspecified atom stereocenters. The van der Waals surface area contributed by atoms with Crippen LogP contribution in [0.3, 0.4) is 0 Å². The molecule has 2 rings (SSSR count). The fraction of sp³-hybridized carbons (Fsp3) is 0.500. The van der Waals surface area contributed by atoms with Crippen LogP contribution in [-0.2, 0) is 4.79 Å². The molecular formula is C14H19ClN2O2. The molecule has 0 fully saturated rings. The highest BCUT2D eigenvalue weighted by atomic mass is 35.5. The molecule has 0 radical (unpaired) electrons. The van der Waals surface area contributed by atoms with E-state index in [0.29, 0.717) is 0 Å². The largest absolute Gasteiger partial charge is 0.479 e. The van der Waals surface area contributed by atoms with Gasteiger partial charge < -0.3 is 14.5 Å². The number of likely N-dealkylation sites (N-methyl/N-ethyl adjacent to an activating group) is 2. The molecule has 1 amide bonds. The summed E-state index contributed by atoms with van der Waals surface area (Å²) in [6.07, 6.45) is -0.433. The topological polar surface area (TPSA) is 32.8 Å². The zero-order chi connectivity index (χ0) is 14.2. The van der Waals surface area contributed by atoms with Crippen LogP contribution < -0.4 is 9.64 Å². The molecule has 5 heteroatoms. The van der Waals surface area contributed by atoms with Crippen LogP contribution in [0.1, 0.15) is 17.9 Å². The van der Waals surface area contributed by atoms with Gasteiger partial charge in [-0.25, -0.2) is 0 Å². The Kier molecular flexibility index (Phi) is 4.02. The van der Waals surface area contributed by atoms with Gasteiger partial charge >= 0.3 is 0 Å². The lowest BCUT2D eigenvalue weighted by Gasteiger charge is -2.31. The Balaban J connectivity index is 2.31. The third-order valence-corrected chi connectivity index (χ3v) is 3.60. The maximum Gasteiger partial charge on any atom is 0.267 e. The molecule has 4 nitrogen and oxygen atoms in total. The van der Waals surface area contributed by atoms with E-state index in [9.17, 15) is 4.79 Å². The molecular weight excluding hydrogens is 264 g/mol. The van der Waals surface area contributed by atoms with Crippen LogP contribution >= 0.6 is 11.6 Å². The molecule has 19 heavy (non-hydrogen) atoms. The van der Waals surface area contributed by atoms with Gasteiger partial charge in [-0.05, 0) is 38.7 Å². The minimum Gasteiger partial charge on any atom is -0.479 e. The van der Waals surface area contributed by atoms with Crippen LogP contribution in [0, 0.1) is 0 Å². The van der Waals surface area contributed by atoms with Crippen LogP contribution in [0.4, 0.5) is 5.69 Å². The molecule has 104 valence electrons. The van der Waals surface area contributed by atoms with Crippen molar-refractivity contribution in [2.45, 2.75) is 18.4 Å². The Morgan fingerprint density at radius 1 is 1.47 bits per heavy atom. The van der Waals surface area contributed by atoms with Gasteiger partial charge in [-0.1, -0.05) is 6.07 Å². The number of hydrogen-bond donors (Lipinski definition) is 0. The normalized spacial score (nSPS) is 20.2. The summed E-state index contributed by atoms with van der Waals surface area (Å²) in [5.41, 5.74) is 1.77. The second kappa shape index (κ2) is 5.39. The Morgan fingerprint density at radius 3 is 2.79 bits per heavy atom. The zero-order valence-corrected chi connectivity index (χ0v) is 12.4. The molecule has 0 saturated carbocycles. The molecule has 0 bridgehead atoms. The Morgan fingerprint density at radius 2 is 2.16 bits per heavy atom. The molecule has 2 atom stereocenters. The van der Waals surface area contributed by atoms with Crippen molar-refractivity contribution in [2.24, 2.45) is 0 Å². The molecule has 0 aromatic heterocycles. The first kappa shape index (κ1) is 14.2. The SMILES string of the molecule is CC1Oc2ccc(C(Cl)CN(C)C)cc2N(C)C1=O. The van der Waals surface area contributed by atoms with Gasteiger partial charge in [0.25, 0.3) is 5.91 Å². The maximum atomic E-state index is 11.9. The van der Waals surface area contributed by atoms with Crippen molar-refractivity contribution in [1.29, 1.82) is 0 Å². The molecule has 0 N–H and O–H groups in total. The second-order valence-electron chi connectivity index (χ2n) is 5.11. The highest BCUT2D eigenvalue weighted by Gasteiger charge is 2.29. The molecule has 0 saturated heterocycles. The van der Waals surface area contributed by atoms with Crippen molar-refractivity contribution in [2.75, 3.05) is 32.6 Å². The maximum absolute atomic E-state index is 11.9. The Hall–Kier alpha value is -1.26. The number of amides is 1. The number of hydrogen-bond acceptors (Lipinski definition) is 3. The highest BCUT2D eigenvalue weighted by Crippen LogP contribution is 2.36. The van der Waals surface area contributed by atoms with Crippen LogP contribution in [0.5, 0.6) is 5.75 Å². The van der Waals surface area contributed by atoms with E-state index in [0.717, 1.165) is 23.5 Å². The third-order valence-electron chi connectivity index (χ3n) is 3.21. The second-order valence-corrected chi connectivity index (χ2v) is 5.64. The quantitative estimate of drug-likeness (QED) is 0.798. The first-order valence-corrected chi connectivity index (χ1v) is 6.70. The molecule has 1 heterocycles. The number of benzene rings is 1. The van der Waals surface area contributed by atoms with Crippen LogP contribution in [0.25, 0.3) is 0 Å². The van der Waals surface area contributed by atoms with E-state index in [1.54, 1.807) is 18.9 Å². The summed E-state index contributed by atoms with van der Waals surface area (Å²) >= 11 is 6.37. The smallest absolute Gasteiger partial charge is 0.267 e. The van der Waals surface area contributed by atoms with Gasteiger partial charge in [-0.2, -0.15) is 0 Å². The number of ether oxygens (including phenoxy) is 1. The minimum absolute atomic E-state index is 0.0385. The van der Waals surface area contributed by atoms with E-state index in [2.05, 4.69) is 0 Å². The number of carbonyl (C=O) groups is 1. The molecule has 1 aromatic carbocycles. The Bertz CT molecular complexity index is 490. The summed E-state index contributed by atoms with van der Waals surface area (Å²) in [5.74, 6) is 0.690. The van der Waals surface area contributed by atoms with Gasteiger partial charge in [-0.15, -0.1) is 11.6 Å². The first-order valence-electron chi connectivity index (χ1n) is 6.27. The van der Waals surface area contributed by atoms with Crippen molar-refractivity contribution in [1.82, 2.24) is 4.90 Å². The predicted molar refractivity (Wildman–Crippen MR) is 77.1 cm³/mol. The minimum atomic E-state index is -0.433. The summed E-state index contributed by atoms with van der Waals surface area (Å²) in [6, 6.07) is 5.77. The molecule has 1 aliphatic heterocycles. The molecule has 0 aliphatic carbocycles. The summed E-state index contributed by atoms with van der Waals surface area (Å²) in [6.45, 7) is 2.50. The first-order chi connectivity index (χ1) is 8.90. The van der Waals surface area contributed by atoms with E-state index >= 15 is 0 Å². The van der Waals surface area contributed by atoms with Gasteiger partial charge in [0, 0.05) is 13.6 Å². The number of anilines is 1. The number of carbonyl (C=O) groups excluding carboxylic acids is 1. The lowest BCUT2D eigenvalue weighted by molar-refractivity contribution is -0.125. The Labute approximate surface area is 118 Å². The van der Waals surface area contributed by atoms with Crippen LogP contribution in [0.15, 0.2) is 18.2 Å². The van der Waals surface area contributed by atoms with Gasteiger partial charge in [-0.3, -0.25) is 4.79 Å². The lowest BCUT2D eigenvalue weighted by atomic mass is 10.1. The standard InChI is InChI=1S/C14H19ClN2O2/c1-9-14(18)17(4)12-7-10(5-6-13(12)19-9)11(15)8-16(2)3/h5-7,9,11H,8H2,1-4H3. The predicted octanol–water partition coefficient (Wildman–Crippen LogP) is 2.27. The van der Waals surface area contributed by atoms with E-state index in [-0.39, 0.29) is 11.3 Å². The van der Waals surface area contributed by atoms with E-state index in [4.69, 9.17) is 16.3 Å². The van der Waals surface area contributed by atoms with Crippen molar-refractivity contribution >= 4 is 23.2 Å². The lowest BCUT2D eigenvalue weighted by Crippen LogP contribution is -2.42. The average Bonchev–Trinajstić information content (AvgIpc) is 2.35. The van der Waals surface area contributed by atoms with Crippen molar-refractivity contribution in [3.8, 4) is 5.75 Å². The summed E-state index contributed by atoms with van der Waals surface area (Å²) in [4.78, 5) is 15.6. The van der Waals surface area contributed by atoms with Crippen molar-refractivity contribution < 1.29 is 9.53 Å². The third kappa shape index (κ3) is 2.85. The van der Waals surface area contributed by atoms with Crippen LogP contribution in [0.2, 0.25) is 0 Å².